The molecule has 2 aromatic rings. The van der Waals surface area contributed by atoms with E-state index in [-0.39, 0.29) is 23.4 Å². The minimum absolute atomic E-state index is 0.128. The molecule has 0 unspecified atom stereocenters. The van der Waals surface area contributed by atoms with Gasteiger partial charge in [0, 0.05) is 11.1 Å². The molecule has 0 bridgehead atoms. The van der Waals surface area contributed by atoms with Gasteiger partial charge >= 0.3 is 11.9 Å². The zero-order valence-corrected chi connectivity index (χ0v) is 18.1. The predicted octanol–water partition coefficient (Wildman–Crippen LogP) is 4.79. The molecule has 0 amide bonds. The topological polar surface area (TPSA) is 63.6 Å². The molecule has 0 saturated heterocycles. The Bertz CT molecular complexity index is 1150. The van der Waals surface area contributed by atoms with Crippen LogP contribution in [0, 0.1) is 24.6 Å². The summed E-state index contributed by atoms with van der Waals surface area (Å²) in [7, 11) is 0. The van der Waals surface area contributed by atoms with E-state index in [1.54, 1.807) is 13.0 Å². The van der Waals surface area contributed by atoms with Gasteiger partial charge in [0.1, 0.15) is 5.82 Å². The molecule has 0 saturated carbocycles. The summed E-state index contributed by atoms with van der Waals surface area (Å²) in [6.07, 6.45) is 2.28. The van der Waals surface area contributed by atoms with Gasteiger partial charge in [-0.05, 0) is 72.2 Å². The first-order valence-electron chi connectivity index (χ1n) is 10.2. The van der Waals surface area contributed by atoms with Crippen LogP contribution in [0.5, 0.6) is 0 Å². The number of allylic oxidation sites excluding steroid dienone is 1. The first kappa shape index (κ1) is 22.3. The van der Waals surface area contributed by atoms with E-state index >= 15 is 0 Å². The van der Waals surface area contributed by atoms with E-state index in [4.69, 9.17) is 9.84 Å². The maximum Gasteiger partial charge on any atom is 0.338 e. The molecule has 2 aromatic carbocycles. The standard InChI is InChI=1S/C26H25FO4/c1-5-31-25(30)20-10-11-26(3,4)22-14-18(16(2)12-21(20)22)8-6-17-7-9-19(15-24(28)29)23(27)13-17/h7,9-10,12-14H,5,11,15H2,1-4H3,(H,28,29). The third-order valence-electron chi connectivity index (χ3n) is 5.43. The Labute approximate surface area is 181 Å². The zero-order valence-electron chi connectivity index (χ0n) is 18.1. The molecule has 1 aliphatic carbocycles. The number of hydrogen-bond donors (Lipinski definition) is 1. The van der Waals surface area contributed by atoms with Crippen molar-refractivity contribution in [2.75, 3.05) is 6.61 Å². The number of carbonyl (C=O) groups is 2. The highest BCUT2D eigenvalue weighted by Gasteiger charge is 2.31. The molecule has 0 atom stereocenters. The van der Waals surface area contributed by atoms with Crippen LogP contribution in [-0.4, -0.2) is 23.7 Å². The fourth-order valence-corrected chi connectivity index (χ4v) is 3.68. The zero-order chi connectivity index (χ0) is 22.8. The first-order valence-corrected chi connectivity index (χ1v) is 10.2. The average molecular weight is 420 g/mol. The van der Waals surface area contributed by atoms with Crippen molar-refractivity contribution in [3.05, 3.63) is 75.6 Å². The summed E-state index contributed by atoms with van der Waals surface area (Å²) in [6, 6.07) is 8.28. The van der Waals surface area contributed by atoms with E-state index in [1.165, 1.54) is 12.1 Å². The van der Waals surface area contributed by atoms with Crippen molar-refractivity contribution >= 4 is 17.5 Å². The quantitative estimate of drug-likeness (QED) is 0.571. The molecule has 0 aromatic heterocycles. The van der Waals surface area contributed by atoms with E-state index in [2.05, 4.69) is 25.7 Å². The largest absolute Gasteiger partial charge is 0.481 e. The molecule has 160 valence electrons. The van der Waals surface area contributed by atoms with Crippen molar-refractivity contribution in [1.29, 1.82) is 0 Å². The van der Waals surface area contributed by atoms with Gasteiger partial charge in [-0.15, -0.1) is 0 Å². The summed E-state index contributed by atoms with van der Waals surface area (Å²) in [5, 5.41) is 8.84. The number of carboxylic acids is 1. The van der Waals surface area contributed by atoms with E-state index in [0.717, 1.165) is 22.3 Å². The molecule has 0 aliphatic heterocycles. The number of halogens is 1. The molecule has 1 aliphatic rings. The number of carboxylic acid groups (broad SMARTS) is 1. The molecule has 3 rings (SSSR count). The monoisotopic (exact) mass is 420 g/mol. The summed E-state index contributed by atoms with van der Waals surface area (Å²) in [5.74, 6) is 4.08. The van der Waals surface area contributed by atoms with Gasteiger partial charge in [0.05, 0.1) is 18.6 Å². The SMILES string of the molecule is CCOC(=O)C1=CCC(C)(C)c2cc(C#Cc3ccc(CC(=O)O)c(F)c3)c(C)cc21. The molecule has 4 nitrogen and oxygen atoms in total. The molecule has 0 spiro atoms. The number of carbonyl (C=O) groups excluding carboxylic acids is 1. The second kappa shape index (κ2) is 8.77. The van der Waals surface area contributed by atoms with Crippen LogP contribution < -0.4 is 0 Å². The van der Waals surface area contributed by atoms with Crippen molar-refractivity contribution in [3.8, 4) is 11.8 Å². The van der Waals surface area contributed by atoms with Gasteiger partial charge in [0.2, 0.25) is 0 Å². The van der Waals surface area contributed by atoms with Crippen molar-refractivity contribution in [2.24, 2.45) is 0 Å². The smallest absolute Gasteiger partial charge is 0.338 e. The Morgan fingerprint density at radius 3 is 2.58 bits per heavy atom. The highest BCUT2D eigenvalue weighted by Crippen LogP contribution is 2.40. The van der Waals surface area contributed by atoms with Crippen LogP contribution in [0.3, 0.4) is 0 Å². The average Bonchev–Trinajstić information content (AvgIpc) is 2.68. The number of fused-ring (bicyclic) bond motifs is 1. The van der Waals surface area contributed by atoms with Crippen LogP contribution >= 0.6 is 0 Å². The van der Waals surface area contributed by atoms with Crippen LogP contribution in [0.15, 0.2) is 36.4 Å². The minimum atomic E-state index is -1.08. The summed E-state index contributed by atoms with van der Waals surface area (Å²) < 4.78 is 19.4. The Hall–Kier alpha value is -3.39. The molecule has 31 heavy (non-hydrogen) atoms. The third-order valence-corrected chi connectivity index (χ3v) is 5.43. The fourth-order valence-electron chi connectivity index (χ4n) is 3.68. The lowest BCUT2D eigenvalue weighted by Gasteiger charge is -2.32. The summed E-state index contributed by atoms with van der Waals surface area (Å²) >= 11 is 0. The van der Waals surface area contributed by atoms with Gasteiger partial charge in [0.15, 0.2) is 0 Å². The number of esters is 1. The Morgan fingerprint density at radius 2 is 1.94 bits per heavy atom. The van der Waals surface area contributed by atoms with Crippen molar-refractivity contribution in [3.63, 3.8) is 0 Å². The van der Waals surface area contributed by atoms with Gasteiger partial charge in [0.25, 0.3) is 0 Å². The number of aliphatic carboxylic acids is 1. The van der Waals surface area contributed by atoms with Crippen molar-refractivity contribution < 1.29 is 23.8 Å². The maximum atomic E-state index is 14.1. The van der Waals surface area contributed by atoms with Crippen LogP contribution in [0.4, 0.5) is 4.39 Å². The number of ether oxygens (including phenoxy) is 1. The minimum Gasteiger partial charge on any atom is -0.481 e. The van der Waals surface area contributed by atoms with Gasteiger partial charge in [-0.1, -0.05) is 37.8 Å². The molecular weight excluding hydrogens is 395 g/mol. The first-order chi connectivity index (χ1) is 14.6. The molecular formula is C26H25FO4. The highest BCUT2D eigenvalue weighted by atomic mass is 19.1. The summed E-state index contributed by atoms with van der Waals surface area (Å²) in [4.78, 5) is 23.2. The lowest BCUT2D eigenvalue weighted by molar-refractivity contribution is -0.137. The summed E-state index contributed by atoms with van der Waals surface area (Å²) in [6.45, 7) is 8.26. The van der Waals surface area contributed by atoms with E-state index in [0.29, 0.717) is 24.2 Å². The number of aryl methyl sites for hydroxylation is 1. The second-order valence-corrected chi connectivity index (χ2v) is 8.27. The van der Waals surface area contributed by atoms with Gasteiger partial charge < -0.3 is 9.84 Å². The molecule has 0 heterocycles. The van der Waals surface area contributed by atoms with Crippen LogP contribution in [0.2, 0.25) is 0 Å². The fraction of sp³-hybridized carbons (Fsp3) is 0.308. The van der Waals surface area contributed by atoms with E-state index in [9.17, 15) is 14.0 Å². The van der Waals surface area contributed by atoms with Crippen LogP contribution in [0.25, 0.3) is 5.57 Å². The van der Waals surface area contributed by atoms with Gasteiger partial charge in [-0.2, -0.15) is 0 Å². The van der Waals surface area contributed by atoms with Crippen LogP contribution in [0.1, 0.15) is 60.6 Å². The number of benzene rings is 2. The van der Waals surface area contributed by atoms with Crippen molar-refractivity contribution in [2.45, 2.75) is 46.0 Å². The second-order valence-electron chi connectivity index (χ2n) is 8.27. The van der Waals surface area contributed by atoms with Crippen LogP contribution in [-0.2, 0) is 26.2 Å². The molecule has 1 N–H and O–H groups in total. The molecule has 0 radical (unpaired) electrons. The lowest BCUT2D eigenvalue weighted by atomic mass is 9.72. The maximum absolute atomic E-state index is 14.1. The van der Waals surface area contributed by atoms with E-state index in [1.807, 2.05) is 25.1 Å². The van der Waals surface area contributed by atoms with Gasteiger partial charge in [-0.25, -0.2) is 9.18 Å². The highest BCUT2D eigenvalue weighted by molar-refractivity contribution is 6.17. The Balaban J connectivity index is 1.99. The van der Waals surface area contributed by atoms with E-state index < -0.39 is 11.8 Å². The Morgan fingerprint density at radius 1 is 1.19 bits per heavy atom. The third kappa shape index (κ3) is 4.86. The summed E-state index contributed by atoms with van der Waals surface area (Å²) in [5.41, 5.74) is 4.60. The normalized spacial score (nSPS) is 14.0. The predicted molar refractivity (Wildman–Crippen MR) is 117 cm³/mol. The molecule has 5 heteroatoms. The van der Waals surface area contributed by atoms with Gasteiger partial charge in [-0.3, -0.25) is 4.79 Å². The Kier molecular flexibility index (Phi) is 6.31. The molecule has 0 fully saturated rings. The number of rotatable bonds is 4. The number of hydrogen-bond acceptors (Lipinski definition) is 3. The lowest BCUT2D eigenvalue weighted by Crippen LogP contribution is -2.24. The van der Waals surface area contributed by atoms with Crippen molar-refractivity contribution in [1.82, 2.24) is 0 Å².